The number of benzene rings is 3. The maximum Gasteiger partial charge on any atom is 0.258 e. The van der Waals surface area contributed by atoms with Gasteiger partial charge < -0.3 is 40.8 Å². The van der Waals surface area contributed by atoms with E-state index in [-0.39, 0.29) is 74.4 Å². The van der Waals surface area contributed by atoms with Crippen LogP contribution in [0.1, 0.15) is 110 Å². The van der Waals surface area contributed by atoms with E-state index in [0.29, 0.717) is 43.2 Å². The lowest BCUT2D eigenvalue weighted by Gasteiger charge is -2.46. The number of carbonyl (C=O) groups excluding carboxylic acids is 8. The van der Waals surface area contributed by atoms with Crippen molar-refractivity contribution in [3.63, 3.8) is 0 Å². The summed E-state index contributed by atoms with van der Waals surface area (Å²) in [4.78, 5) is 109. The van der Waals surface area contributed by atoms with Gasteiger partial charge in [-0.25, -0.2) is 0 Å². The highest BCUT2D eigenvalue weighted by Gasteiger charge is 2.48. The molecule has 3 aromatic carbocycles. The molecule has 0 bridgehead atoms. The topological polar surface area (TPSA) is 246 Å². The van der Waals surface area contributed by atoms with Gasteiger partial charge in [-0.1, -0.05) is 62.7 Å². The second-order valence-corrected chi connectivity index (χ2v) is 21.8. The van der Waals surface area contributed by atoms with Crippen molar-refractivity contribution in [2.45, 2.75) is 101 Å². The number of anilines is 1. The number of aromatic nitrogens is 3. The molecule has 21 heteroatoms. The Kier molecular flexibility index (Phi) is 19.3. The zero-order valence-corrected chi connectivity index (χ0v) is 45.7. The summed E-state index contributed by atoms with van der Waals surface area (Å²) in [5, 5.41) is 21.7. The number of aryl methyl sites for hydroxylation is 1. The Balaban J connectivity index is 0.822. The molecule has 1 unspecified atom stereocenters. The lowest BCUT2D eigenvalue weighted by Crippen LogP contribution is -2.52. The van der Waals surface area contributed by atoms with E-state index < -0.39 is 42.8 Å². The van der Waals surface area contributed by atoms with Gasteiger partial charge in [-0.2, -0.15) is 0 Å². The van der Waals surface area contributed by atoms with Crippen LogP contribution in [0.25, 0.3) is 0 Å². The SMILES string of the molecule is CSc1cc(C(COCNC(=O)CNC(=O)[C@H](Cc2ccccc2)NC(=O)CNC(=O)CNC(=O)CCCCCN2C(=O)C=CC2=O)N2CCC[C@H](C)C2)cc2c1CN(c1cccc([C@]3(c4nncn4C)C[C@@H](C)C3)c1)C2=O. The summed E-state index contributed by atoms with van der Waals surface area (Å²) >= 11 is 1.62. The Labute approximate surface area is 459 Å². The number of piperidine rings is 1. The number of nitrogens with one attached hydrogen (secondary N) is 5. The standard InChI is InChI=1S/C57H71N11O9S/c1-37-13-12-21-66(32-37)46(40-24-43-44(47(25-40)78-4)33-68(55(43)76)42-17-11-16-41(26-42)57(27-38(2)28-57)56-64-62-35-65(56)3)34-77-36-61-50(71)30-60-54(75)45(23-39-14-7-5-8-15-39)63-51(72)31-59-49(70)29-58-48(69)18-9-6-10-22-67-52(73)19-20-53(67)74/h5,7-8,11,14-17,19-20,24-26,35,37-38,45-46H,6,9-10,12-13,18,21-23,27-34,36H2,1-4H3,(H,58,69)(H,59,70)(H,60,75)(H,61,71)(H,63,72)/t37-,38-,45-,46?,57+/m0/s1. The Morgan fingerprint density at radius 2 is 1.55 bits per heavy atom. The van der Waals surface area contributed by atoms with Crippen LogP contribution in [0, 0.1) is 11.8 Å². The molecule has 8 rings (SSSR count). The highest BCUT2D eigenvalue weighted by molar-refractivity contribution is 7.98. The summed E-state index contributed by atoms with van der Waals surface area (Å²) in [6.07, 6.45) is 12.1. The van der Waals surface area contributed by atoms with Crippen molar-refractivity contribution in [1.82, 2.24) is 51.1 Å². The average molecular weight is 1090 g/mol. The van der Waals surface area contributed by atoms with E-state index >= 15 is 0 Å². The molecule has 4 heterocycles. The molecule has 5 N–H and O–H groups in total. The van der Waals surface area contributed by atoms with Crippen LogP contribution in [0.2, 0.25) is 0 Å². The molecule has 3 atom stereocenters. The normalized spacial score (nSPS) is 19.7. The number of thioether (sulfide) groups is 1. The van der Waals surface area contributed by atoms with Crippen molar-refractivity contribution in [3.05, 3.63) is 119 Å². The fourth-order valence-electron chi connectivity index (χ4n) is 11.1. The zero-order valence-electron chi connectivity index (χ0n) is 44.9. The minimum absolute atomic E-state index is 0.0564. The van der Waals surface area contributed by atoms with Gasteiger partial charge in [0.05, 0.1) is 44.2 Å². The fraction of sp³-hybridized carbons (Fsp3) is 0.474. The van der Waals surface area contributed by atoms with Gasteiger partial charge in [-0.3, -0.25) is 48.2 Å². The molecule has 1 aliphatic carbocycles. The van der Waals surface area contributed by atoms with Crippen molar-refractivity contribution in [1.29, 1.82) is 0 Å². The number of imide groups is 1. The lowest BCUT2D eigenvalue weighted by molar-refractivity contribution is -0.137. The summed E-state index contributed by atoms with van der Waals surface area (Å²) in [6, 6.07) is 20.2. The van der Waals surface area contributed by atoms with Crippen LogP contribution in [-0.4, -0.2) is 137 Å². The molecule has 0 radical (unpaired) electrons. The molecule has 4 aliphatic rings. The van der Waals surface area contributed by atoms with Crippen LogP contribution in [0.4, 0.5) is 5.69 Å². The Hall–Kier alpha value is -7.23. The number of fused-ring (bicyclic) bond motifs is 1. The summed E-state index contributed by atoms with van der Waals surface area (Å²) in [7, 11) is 1.98. The molecule has 1 saturated heterocycles. The van der Waals surface area contributed by atoms with Gasteiger partial charge in [0.15, 0.2) is 0 Å². The molecule has 20 nitrogen and oxygen atoms in total. The minimum Gasteiger partial charge on any atom is -0.359 e. The number of likely N-dealkylation sites (tertiary alicyclic amines) is 1. The third-order valence-corrected chi connectivity index (χ3v) is 15.9. The molecule has 414 valence electrons. The minimum atomic E-state index is -1.09. The van der Waals surface area contributed by atoms with Crippen LogP contribution >= 0.6 is 11.8 Å². The van der Waals surface area contributed by atoms with Crippen LogP contribution in [0.15, 0.2) is 90.1 Å². The quantitative estimate of drug-likeness (QED) is 0.0260. The molecule has 8 amide bonds. The second kappa shape index (κ2) is 26.4. The molecule has 0 spiro atoms. The van der Waals surface area contributed by atoms with Gasteiger partial charge in [-0.15, -0.1) is 22.0 Å². The van der Waals surface area contributed by atoms with Crippen LogP contribution < -0.4 is 31.5 Å². The summed E-state index contributed by atoms with van der Waals surface area (Å²) < 4.78 is 8.20. The zero-order chi connectivity index (χ0) is 55.3. The van der Waals surface area contributed by atoms with Gasteiger partial charge in [-0.05, 0) is 110 Å². The molecular formula is C57H71N11O9S. The van der Waals surface area contributed by atoms with Crippen molar-refractivity contribution in [2.24, 2.45) is 18.9 Å². The molecule has 4 aromatic rings. The second-order valence-electron chi connectivity index (χ2n) is 21.0. The maximum absolute atomic E-state index is 14.6. The molecule has 3 aliphatic heterocycles. The monoisotopic (exact) mass is 1090 g/mol. The molecule has 78 heavy (non-hydrogen) atoms. The van der Waals surface area contributed by atoms with Crippen LogP contribution in [-0.2, 0) is 63.7 Å². The molecule has 1 aromatic heterocycles. The largest absolute Gasteiger partial charge is 0.359 e. The maximum atomic E-state index is 14.6. The van der Waals surface area contributed by atoms with Crippen molar-refractivity contribution >= 4 is 64.7 Å². The smallest absolute Gasteiger partial charge is 0.258 e. The third-order valence-electron chi connectivity index (χ3n) is 15.1. The van der Waals surface area contributed by atoms with Gasteiger partial charge in [0.25, 0.3) is 17.7 Å². The first kappa shape index (κ1) is 57.0. The van der Waals surface area contributed by atoms with Crippen LogP contribution in [0.5, 0.6) is 0 Å². The number of nitrogens with zero attached hydrogens (tertiary/aromatic N) is 6. The summed E-state index contributed by atoms with van der Waals surface area (Å²) in [6.45, 7) is 5.77. The summed E-state index contributed by atoms with van der Waals surface area (Å²) in [5.74, 6) is -1.58. The number of hydrogen-bond acceptors (Lipinski definition) is 13. The number of carbonyl (C=O) groups is 8. The number of ether oxygens (including phenoxy) is 1. The van der Waals surface area contributed by atoms with Crippen molar-refractivity contribution in [2.75, 3.05) is 63.8 Å². The Morgan fingerprint density at radius 1 is 0.821 bits per heavy atom. The van der Waals surface area contributed by atoms with Crippen molar-refractivity contribution in [3.8, 4) is 0 Å². The number of unbranched alkanes of at least 4 members (excludes halogenated alkanes) is 2. The first-order valence-corrected chi connectivity index (χ1v) is 28.1. The fourth-order valence-corrected chi connectivity index (χ4v) is 11.8. The number of rotatable bonds is 26. The molecule has 1 saturated carbocycles. The van der Waals surface area contributed by atoms with E-state index in [2.05, 4.69) is 73.7 Å². The van der Waals surface area contributed by atoms with Gasteiger partial charge in [0.1, 0.15) is 24.9 Å². The van der Waals surface area contributed by atoms with Crippen LogP contribution in [0.3, 0.4) is 0 Å². The number of amides is 8. The average Bonchev–Trinajstić information content (AvgIpc) is 4.24. The molecular weight excluding hydrogens is 1010 g/mol. The number of hydrogen-bond donors (Lipinski definition) is 5. The first-order chi connectivity index (χ1) is 37.6. The van der Waals surface area contributed by atoms with E-state index in [1.54, 1.807) is 42.4 Å². The van der Waals surface area contributed by atoms with Crippen molar-refractivity contribution < 1.29 is 43.1 Å². The van der Waals surface area contributed by atoms with Gasteiger partial charge in [0.2, 0.25) is 29.5 Å². The Bertz CT molecular complexity index is 2870. The van der Waals surface area contributed by atoms with E-state index in [4.69, 9.17) is 4.74 Å². The van der Waals surface area contributed by atoms with E-state index in [1.165, 1.54) is 12.2 Å². The van der Waals surface area contributed by atoms with Gasteiger partial charge >= 0.3 is 0 Å². The highest BCUT2D eigenvalue weighted by Crippen LogP contribution is 2.52. The molecule has 2 fully saturated rings. The first-order valence-electron chi connectivity index (χ1n) is 26.9. The van der Waals surface area contributed by atoms with E-state index in [0.717, 1.165) is 82.3 Å². The summed E-state index contributed by atoms with van der Waals surface area (Å²) in [5.41, 5.74) is 5.07. The van der Waals surface area contributed by atoms with E-state index in [9.17, 15) is 38.4 Å². The highest BCUT2D eigenvalue weighted by atomic mass is 32.2. The lowest BCUT2D eigenvalue weighted by atomic mass is 9.58. The predicted octanol–water partition coefficient (Wildman–Crippen LogP) is 3.84. The van der Waals surface area contributed by atoms with E-state index in [1.807, 2.05) is 47.0 Å². The third kappa shape index (κ3) is 14.1. The Morgan fingerprint density at radius 3 is 2.27 bits per heavy atom. The van der Waals surface area contributed by atoms with Gasteiger partial charge in [0, 0.05) is 61.3 Å². The predicted molar refractivity (Wildman–Crippen MR) is 292 cm³/mol.